The molecular weight excluding hydrogens is 384 g/mol. The third kappa shape index (κ3) is 3.22. The molecule has 0 atom stereocenters. The van der Waals surface area contributed by atoms with Crippen LogP contribution in [0.25, 0.3) is 0 Å². The van der Waals surface area contributed by atoms with Crippen LogP contribution in [-0.4, -0.2) is 5.11 Å². The number of rotatable bonds is 3. The predicted molar refractivity (Wildman–Crippen MR) is 84.6 cm³/mol. The minimum absolute atomic E-state index is 0.105. The zero-order valence-corrected chi connectivity index (χ0v) is 12.9. The Kier molecular flexibility index (Phi) is 4.59. The van der Waals surface area contributed by atoms with E-state index in [2.05, 4.69) is 27.9 Å². The summed E-state index contributed by atoms with van der Waals surface area (Å²) in [6, 6.07) is 11.0. The first-order valence-electron chi connectivity index (χ1n) is 5.23. The van der Waals surface area contributed by atoms with Gasteiger partial charge < -0.3 is 10.4 Å². The van der Waals surface area contributed by atoms with Crippen LogP contribution in [0.5, 0.6) is 5.75 Å². The lowest BCUT2D eigenvalue weighted by molar-refractivity contribution is 0.469. The topological polar surface area (TPSA) is 32.3 Å². The summed E-state index contributed by atoms with van der Waals surface area (Å²) in [5.74, 6) is 0.105. The minimum atomic E-state index is 0.105. The molecule has 18 heavy (non-hydrogen) atoms. The second-order valence-electron chi connectivity index (χ2n) is 3.73. The molecule has 2 nitrogen and oxygen atoms in total. The highest BCUT2D eigenvalue weighted by molar-refractivity contribution is 14.1. The van der Waals surface area contributed by atoms with E-state index in [1.54, 1.807) is 12.1 Å². The summed E-state index contributed by atoms with van der Waals surface area (Å²) in [5.41, 5.74) is 1.57. The van der Waals surface area contributed by atoms with Crippen LogP contribution in [0.15, 0.2) is 36.4 Å². The van der Waals surface area contributed by atoms with Gasteiger partial charge in [-0.15, -0.1) is 0 Å². The Labute approximate surface area is 129 Å². The lowest BCUT2D eigenvalue weighted by Crippen LogP contribution is -2.00. The average Bonchev–Trinajstić information content (AvgIpc) is 2.35. The molecule has 0 aromatic heterocycles. The van der Waals surface area contributed by atoms with E-state index >= 15 is 0 Å². The van der Waals surface area contributed by atoms with E-state index in [1.807, 2.05) is 24.3 Å². The Morgan fingerprint density at radius 2 is 1.89 bits per heavy atom. The monoisotopic (exact) mass is 393 g/mol. The first-order chi connectivity index (χ1) is 8.58. The number of benzene rings is 2. The summed E-state index contributed by atoms with van der Waals surface area (Å²) >= 11 is 14.1. The van der Waals surface area contributed by atoms with E-state index in [-0.39, 0.29) is 5.75 Å². The third-order valence-corrected chi connectivity index (χ3v) is 3.77. The van der Waals surface area contributed by atoms with Crippen LogP contribution in [0, 0.1) is 3.57 Å². The van der Waals surface area contributed by atoms with E-state index in [0.717, 1.165) is 14.8 Å². The van der Waals surface area contributed by atoms with Crippen LogP contribution in [0.3, 0.4) is 0 Å². The van der Waals surface area contributed by atoms with Crippen molar-refractivity contribution in [3.8, 4) is 5.75 Å². The van der Waals surface area contributed by atoms with Crippen molar-refractivity contribution in [2.45, 2.75) is 6.54 Å². The van der Waals surface area contributed by atoms with Gasteiger partial charge in [0.15, 0.2) is 0 Å². The summed E-state index contributed by atoms with van der Waals surface area (Å²) < 4.78 is 1.09. The maximum absolute atomic E-state index is 9.79. The normalized spacial score (nSPS) is 10.4. The molecule has 0 fully saturated rings. The Hall–Kier alpha value is -0.650. The van der Waals surface area contributed by atoms with Gasteiger partial charge in [-0.3, -0.25) is 0 Å². The lowest BCUT2D eigenvalue weighted by atomic mass is 10.2. The number of para-hydroxylation sites is 1. The first kappa shape index (κ1) is 13.8. The third-order valence-electron chi connectivity index (χ3n) is 2.47. The fourth-order valence-corrected chi connectivity index (χ4v) is 2.40. The van der Waals surface area contributed by atoms with Crippen molar-refractivity contribution in [3.63, 3.8) is 0 Å². The highest BCUT2D eigenvalue weighted by atomic mass is 127. The molecular formula is C13H10Cl2INO. The van der Waals surface area contributed by atoms with E-state index in [9.17, 15) is 5.11 Å². The number of anilines is 1. The average molecular weight is 394 g/mol. The van der Waals surface area contributed by atoms with Gasteiger partial charge in [-0.05, 0) is 46.9 Å². The summed E-state index contributed by atoms with van der Waals surface area (Å²) in [7, 11) is 0. The largest absolute Gasteiger partial charge is 0.506 e. The SMILES string of the molecule is Oc1c(Cl)cccc1CNc1cc(I)ccc1Cl. The molecule has 0 saturated carbocycles. The van der Waals surface area contributed by atoms with Crippen molar-refractivity contribution in [3.05, 3.63) is 55.6 Å². The van der Waals surface area contributed by atoms with Crippen molar-refractivity contribution < 1.29 is 5.11 Å². The molecule has 0 aliphatic heterocycles. The zero-order valence-electron chi connectivity index (χ0n) is 9.25. The molecule has 0 heterocycles. The van der Waals surface area contributed by atoms with Crippen LogP contribution in [0.1, 0.15) is 5.56 Å². The second kappa shape index (κ2) is 5.99. The molecule has 0 amide bonds. The van der Waals surface area contributed by atoms with Gasteiger partial charge in [-0.1, -0.05) is 35.3 Å². The molecule has 2 aromatic carbocycles. The Bertz CT molecular complexity index is 573. The Morgan fingerprint density at radius 1 is 1.11 bits per heavy atom. The number of hydrogen-bond acceptors (Lipinski definition) is 2. The highest BCUT2D eigenvalue weighted by Crippen LogP contribution is 2.29. The van der Waals surface area contributed by atoms with Gasteiger partial charge in [0.25, 0.3) is 0 Å². The number of halogens is 3. The van der Waals surface area contributed by atoms with E-state index in [0.29, 0.717) is 16.6 Å². The minimum Gasteiger partial charge on any atom is -0.506 e. The Balaban J connectivity index is 2.16. The van der Waals surface area contributed by atoms with Gasteiger partial charge in [0, 0.05) is 15.7 Å². The van der Waals surface area contributed by atoms with Gasteiger partial charge in [0.1, 0.15) is 5.75 Å². The Morgan fingerprint density at radius 3 is 2.67 bits per heavy atom. The molecule has 0 aliphatic rings. The number of phenolic OH excluding ortho intramolecular Hbond substituents is 1. The quantitative estimate of drug-likeness (QED) is 0.725. The second-order valence-corrected chi connectivity index (χ2v) is 5.79. The maximum atomic E-state index is 9.79. The smallest absolute Gasteiger partial charge is 0.139 e. The number of nitrogens with one attached hydrogen (secondary N) is 1. The van der Waals surface area contributed by atoms with Crippen molar-refractivity contribution >= 4 is 51.5 Å². The van der Waals surface area contributed by atoms with E-state index in [4.69, 9.17) is 23.2 Å². The van der Waals surface area contributed by atoms with Crippen molar-refractivity contribution in [1.82, 2.24) is 0 Å². The van der Waals surface area contributed by atoms with Gasteiger partial charge >= 0.3 is 0 Å². The molecule has 2 rings (SSSR count). The molecule has 5 heteroatoms. The lowest BCUT2D eigenvalue weighted by Gasteiger charge is -2.10. The van der Waals surface area contributed by atoms with Gasteiger partial charge in [-0.2, -0.15) is 0 Å². The summed E-state index contributed by atoms with van der Waals surface area (Å²) in [5, 5.41) is 14.0. The molecule has 0 unspecified atom stereocenters. The standard InChI is InChI=1S/C13H10Cl2INO/c14-10-5-4-9(16)6-12(10)17-7-8-2-1-3-11(15)13(8)18/h1-6,17-18H,7H2. The van der Waals surface area contributed by atoms with Gasteiger partial charge in [-0.25, -0.2) is 0 Å². The number of phenols is 1. The molecule has 94 valence electrons. The van der Waals surface area contributed by atoms with Crippen LogP contribution < -0.4 is 5.32 Å². The molecule has 0 aliphatic carbocycles. The highest BCUT2D eigenvalue weighted by Gasteiger charge is 2.06. The first-order valence-corrected chi connectivity index (χ1v) is 7.06. The molecule has 0 saturated heterocycles. The van der Waals surface area contributed by atoms with Crippen LogP contribution >= 0.6 is 45.8 Å². The summed E-state index contributed by atoms with van der Waals surface area (Å²) in [6.07, 6.45) is 0. The van der Waals surface area contributed by atoms with Crippen molar-refractivity contribution in [2.75, 3.05) is 5.32 Å². The number of aromatic hydroxyl groups is 1. The molecule has 0 spiro atoms. The fraction of sp³-hybridized carbons (Fsp3) is 0.0769. The zero-order chi connectivity index (χ0) is 13.1. The molecule has 2 aromatic rings. The van der Waals surface area contributed by atoms with Gasteiger partial charge in [0.05, 0.1) is 15.7 Å². The molecule has 2 N–H and O–H groups in total. The summed E-state index contributed by atoms with van der Waals surface area (Å²) in [4.78, 5) is 0. The molecule has 0 bridgehead atoms. The van der Waals surface area contributed by atoms with Crippen molar-refractivity contribution in [2.24, 2.45) is 0 Å². The van der Waals surface area contributed by atoms with Crippen LogP contribution in [0.2, 0.25) is 10.0 Å². The molecule has 0 radical (unpaired) electrons. The van der Waals surface area contributed by atoms with Crippen molar-refractivity contribution in [1.29, 1.82) is 0 Å². The van der Waals surface area contributed by atoms with Crippen LogP contribution in [-0.2, 0) is 6.54 Å². The van der Waals surface area contributed by atoms with Gasteiger partial charge in [0.2, 0.25) is 0 Å². The number of hydrogen-bond donors (Lipinski definition) is 2. The maximum Gasteiger partial charge on any atom is 0.139 e. The van der Waals surface area contributed by atoms with E-state index < -0.39 is 0 Å². The van der Waals surface area contributed by atoms with Crippen LogP contribution in [0.4, 0.5) is 5.69 Å². The van der Waals surface area contributed by atoms with E-state index in [1.165, 1.54) is 0 Å². The fourth-order valence-electron chi connectivity index (χ4n) is 1.53. The predicted octanol–water partition coefficient (Wildman–Crippen LogP) is 4.92. The summed E-state index contributed by atoms with van der Waals surface area (Å²) in [6.45, 7) is 0.464.